The molecule has 6 heteroatoms. The van der Waals surface area contributed by atoms with Gasteiger partial charge in [0, 0.05) is 19.0 Å². The van der Waals surface area contributed by atoms with E-state index in [-0.39, 0.29) is 23.8 Å². The van der Waals surface area contributed by atoms with Crippen LogP contribution in [0.25, 0.3) is 0 Å². The standard InChI is InChI=1S/C13H16ClNO4/c1-7(16)10-5-9(3-4-11(10)14)13(19)12(18)6-15-8(2)17/h3-5,12-13,18-19H,6H2,1-2H3,(H,15,17). The number of Topliss-reactive ketones (excluding diaryl/α,β-unsaturated/α-hetero) is 1. The monoisotopic (exact) mass is 285 g/mol. The van der Waals surface area contributed by atoms with Crippen molar-refractivity contribution in [3.63, 3.8) is 0 Å². The van der Waals surface area contributed by atoms with Gasteiger partial charge >= 0.3 is 0 Å². The summed E-state index contributed by atoms with van der Waals surface area (Å²) in [5.74, 6) is -0.526. The maximum Gasteiger partial charge on any atom is 0.216 e. The second-order valence-corrected chi connectivity index (χ2v) is 4.65. The molecular formula is C13H16ClNO4. The summed E-state index contributed by atoms with van der Waals surface area (Å²) >= 11 is 5.86. The van der Waals surface area contributed by atoms with Gasteiger partial charge in [0.2, 0.25) is 5.91 Å². The normalized spacial score (nSPS) is 13.7. The van der Waals surface area contributed by atoms with Crippen LogP contribution < -0.4 is 5.32 Å². The summed E-state index contributed by atoms with van der Waals surface area (Å²) in [6, 6.07) is 4.45. The molecule has 2 atom stereocenters. The Kier molecular flexibility index (Phi) is 5.47. The zero-order valence-electron chi connectivity index (χ0n) is 10.7. The van der Waals surface area contributed by atoms with Crippen LogP contribution in [-0.4, -0.2) is 34.6 Å². The fraction of sp³-hybridized carbons (Fsp3) is 0.385. The van der Waals surface area contributed by atoms with E-state index in [0.29, 0.717) is 10.6 Å². The number of carbonyl (C=O) groups excluding carboxylic acids is 2. The van der Waals surface area contributed by atoms with Crippen molar-refractivity contribution in [2.24, 2.45) is 0 Å². The maximum absolute atomic E-state index is 11.3. The van der Waals surface area contributed by atoms with E-state index >= 15 is 0 Å². The molecule has 19 heavy (non-hydrogen) atoms. The Balaban J connectivity index is 2.87. The summed E-state index contributed by atoms with van der Waals surface area (Å²) in [6.07, 6.45) is -2.37. The van der Waals surface area contributed by atoms with Gasteiger partial charge in [-0.15, -0.1) is 0 Å². The number of nitrogens with one attached hydrogen (secondary N) is 1. The molecular weight excluding hydrogens is 270 g/mol. The molecule has 104 valence electrons. The summed E-state index contributed by atoms with van der Waals surface area (Å²) in [6.45, 7) is 2.61. The molecule has 1 amide bonds. The van der Waals surface area contributed by atoms with Crippen LogP contribution in [0.1, 0.15) is 35.9 Å². The first-order valence-electron chi connectivity index (χ1n) is 5.74. The van der Waals surface area contributed by atoms with E-state index in [1.807, 2.05) is 0 Å². The van der Waals surface area contributed by atoms with Crippen LogP contribution in [0.5, 0.6) is 0 Å². The third-order valence-corrected chi connectivity index (χ3v) is 2.97. The number of hydrogen-bond donors (Lipinski definition) is 3. The largest absolute Gasteiger partial charge is 0.388 e. The minimum Gasteiger partial charge on any atom is -0.388 e. The molecule has 1 aromatic carbocycles. The van der Waals surface area contributed by atoms with Crippen molar-refractivity contribution in [3.8, 4) is 0 Å². The Labute approximate surface area is 116 Å². The van der Waals surface area contributed by atoms with Crippen molar-refractivity contribution in [2.45, 2.75) is 26.1 Å². The molecule has 0 radical (unpaired) electrons. The van der Waals surface area contributed by atoms with Gasteiger partial charge in [0.1, 0.15) is 12.2 Å². The van der Waals surface area contributed by atoms with Gasteiger partial charge in [-0.1, -0.05) is 17.7 Å². The first-order valence-corrected chi connectivity index (χ1v) is 6.11. The third-order valence-electron chi connectivity index (χ3n) is 2.64. The third kappa shape index (κ3) is 4.31. The van der Waals surface area contributed by atoms with E-state index in [4.69, 9.17) is 11.6 Å². The van der Waals surface area contributed by atoms with Crippen molar-refractivity contribution in [3.05, 3.63) is 34.3 Å². The molecule has 0 aliphatic rings. The molecule has 0 saturated carbocycles. The van der Waals surface area contributed by atoms with Gasteiger partial charge in [0.25, 0.3) is 0 Å². The predicted octanol–water partition coefficient (Wildman–Crippen LogP) is 1.07. The average Bonchev–Trinajstić information content (AvgIpc) is 2.35. The van der Waals surface area contributed by atoms with Crippen LogP contribution in [0, 0.1) is 0 Å². The lowest BCUT2D eigenvalue weighted by Gasteiger charge is -2.19. The fourth-order valence-electron chi connectivity index (χ4n) is 1.58. The van der Waals surface area contributed by atoms with Crippen LogP contribution in [-0.2, 0) is 4.79 Å². The summed E-state index contributed by atoms with van der Waals surface area (Å²) in [7, 11) is 0. The minimum atomic E-state index is -1.21. The van der Waals surface area contributed by atoms with E-state index in [1.54, 1.807) is 0 Å². The van der Waals surface area contributed by atoms with Gasteiger partial charge in [-0.2, -0.15) is 0 Å². The molecule has 0 aromatic heterocycles. The number of halogens is 1. The first kappa shape index (κ1) is 15.6. The molecule has 5 nitrogen and oxygen atoms in total. The molecule has 0 fully saturated rings. The SMILES string of the molecule is CC(=O)NCC(O)C(O)c1ccc(Cl)c(C(C)=O)c1. The Morgan fingerprint density at radius 3 is 2.47 bits per heavy atom. The molecule has 1 rings (SSSR count). The minimum absolute atomic E-state index is 0.0749. The predicted molar refractivity (Wildman–Crippen MR) is 71.1 cm³/mol. The van der Waals surface area contributed by atoms with E-state index < -0.39 is 12.2 Å². The Morgan fingerprint density at radius 1 is 1.32 bits per heavy atom. The molecule has 0 bridgehead atoms. The lowest BCUT2D eigenvalue weighted by Crippen LogP contribution is -2.34. The number of carbonyl (C=O) groups is 2. The number of benzene rings is 1. The van der Waals surface area contributed by atoms with Gasteiger partial charge in [-0.05, 0) is 24.6 Å². The molecule has 2 unspecified atom stereocenters. The van der Waals surface area contributed by atoms with Gasteiger partial charge in [0.15, 0.2) is 5.78 Å². The zero-order chi connectivity index (χ0) is 14.6. The second kappa shape index (κ2) is 6.65. The summed E-state index contributed by atoms with van der Waals surface area (Å²) in [4.78, 5) is 22.1. The van der Waals surface area contributed by atoms with Crippen LogP contribution in [0.4, 0.5) is 0 Å². The Morgan fingerprint density at radius 2 is 1.95 bits per heavy atom. The molecule has 0 saturated heterocycles. The van der Waals surface area contributed by atoms with Crippen molar-refractivity contribution in [2.75, 3.05) is 6.54 Å². The van der Waals surface area contributed by atoms with Crippen molar-refractivity contribution in [1.82, 2.24) is 5.32 Å². The highest BCUT2D eigenvalue weighted by Gasteiger charge is 2.20. The molecule has 1 aromatic rings. The Bertz CT molecular complexity index is 490. The number of aliphatic hydroxyl groups is 2. The lowest BCUT2D eigenvalue weighted by atomic mass is 10.0. The maximum atomic E-state index is 11.3. The molecule has 0 aliphatic heterocycles. The van der Waals surface area contributed by atoms with Crippen LogP contribution in [0.3, 0.4) is 0 Å². The van der Waals surface area contributed by atoms with E-state index in [9.17, 15) is 19.8 Å². The molecule has 0 aliphatic carbocycles. The van der Waals surface area contributed by atoms with Crippen LogP contribution in [0.15, 0.2) is 18.2 Å². The van der Waals surface area contributed by atoms with Crippen LogP contribution >= 0.6 is 11.6 Å². The molecule has 0 heterocycles. The van der Waals surface area contributed by atoms with Crippen molar-refractivity contribution < 1.29 is 19.8 Å². The average molecular weight is 286 g/mol. The summed E-state index contributed by atoms with van der Waals surface area (Å²) in [5, 5.41) is 22.4. The highest BCUT2D eigenvalue weighted by molar-refractivity contribution is 6.33. The van der Waals surface area contributed by atoms with E-state index in [2.05, 4.69) is 5.32 Å². The number of rotatable bonds is 5. The zero-order valence-corrected chi connectivity index (χ0v) is 11.4. The smallest absolute Gasteiger partial charge is 0.216 e. The topological polar surface area (TPSA) is 86.6 Å². The van der Waals surface area contributed by atoms with Crippen molar-refractivity contribution >= 4 is 23.3 Å². The Hall–Kier alpha value is -1.43. The number of ketones is 1. The highest BCUT2D eigenvalue weighted by atomic mass is 35.5. The van der Waals surface area contributed by atoms with E-state index in [1.165, 1.54) is 32.0 Å². The molecule has 3 N–H and O–H groups in total. The second-order valence-electron chi connectivity index (χ2n) is 4.24. The van der Waals surface area contributed by atoms with Crippen molar-refractivity contribution in [1.29, 1.82) is 0 Å². The van der Waals surface area contributed by atoms with Crippen LogP contribution in [0.2, 0.25) is 5.02 Å². The first-order chi connectivity index (χ1) is 8.82. The van der Waals surface area contributed by atoms with Gasteiger partial charge < -0.3 is 15.5 Å². The lowest BCUT2D eigenvalue weighted by molar-refractivity contribution is -0.119. The van der Waals surface area contributed by atoms with E-state index in [0.717, 1.165) is 0 Å². The highest BCUT2D eigenvalue weighted by Crippen LogP contribution is 2.23. The molecule has 0 spiro atoms. The summed E-state index contributed by atoms with van der Waals surface area (Å²) < 4.78 is 0. The van der Waals surface area contributed by atoms with Gasteiger partial charge in [-0.3, -0.25) is 9.59 Å². The van der Waals surface area contributed by atoms with Gasteiger partial charge in [-0.25, -0.2) is 0 Å². The summed E-state index contributed by atoms with van der Waals surface area (Å²) in [5.41, 5.74) is 0.650. The quantitative estimate of drug-likeness (QED) is 0.707. The number of hydrogen-bond acceptors (Lipinski definition) is 4. The number of aliphatic hydroxyl groups excluding tert-OH is 2. The fourth-order valence-corrected chi connectivity index (χ4v) is 1.83. The van der Waals surface area contributed by atoms with Gasteiger partial charge in [0.05, 0.1) is 5.02 Å². The number of amides is 1.